The number of likely N-dealkylation sites (tertiary alicyclic amines) is 1. The molecule has 2 aliphatic heterocycles. The fourth-order valence-electron chi connectivity index (χ4n) is 2.75. The minimum Gasteiger partial charge on any atom is -0.307 e. The number of benzene rings is 1. The molecule has 2 heterocycles. The molecule has 0 spiro atoms. The van der Waals surface area contributed by atoms with Crippen molar-refractivity contribution in [1.82, 2.24) is 4.90 Å². The zero-order valence-corrected chi connectivity index (χ0v) is 10.6. The number of likely N-dealkylation sites (N-methyl/N-ethyl adjacent to an activating group) is 1. The molecule has 0 aromatic heterocycles. The van der Waals surface area contributed by atoms with E-state index in [0.29, 0.717) is 6.04 Å². The number of halogens is 1. The van der Waals surface area contributed by atoms with Crippen LogP contribution in [0.1, 0.15) is 6.42 Å². The van der Waals surface area contributed by atoms with Gasteiger partial charge in [0.25, 0.3) is 0 Å². The number of fused-ring (bicyclic) bond motifs is 2. The highest BCUT2D eigenvalue weighted by Gasteiger charge is 2.48. The molecular weight excluding hydrogens is 268 g/mol. The number of amides is 1. The molecule has 2 saturated heterocycles. The van der Waals surface area contributed by atoms with Gasteiger partial charge in [-0.1, -0.05) is 22.0 Å². The summed E-state index contributed by atoms with van der Waals surface area (Å²) in [5.74, 6) is 0.247. The second-order valence-electron chi connectivity index (χ2n) is 4.53. The van der Waals surface area contributed by atoms with Crippen LogP contribution in [-0.4, -0.2) is 36.5 Å². The first-order valence-corrected chi connectivity index (χ1v) is 6.25. The molecule has 0 saturated carbocycles. The Balaban J connectivity index is 1.95. The summed E-state index contributed by atoms with van der Waals surface area (Å²) in [6, 6.07) is 8.43. The summed E-state index contributed by atoms with van der Waals surface area (Å²) in [5.41, 5.74) is 1.01. The van der Waals surface area contributed by atoms with E-state index in [0.717, 1.165) is 23.1 Å². The van der Waals surface area contributed by atoms with Crippen molar-refractivity contribution in [1.29, 1.82) is 0 Å². The second kappa shape index (κ2) is 3.57. The van der Waals surface area contributed by atoms with Crippen LogP contribution >= 0.6 is 15.9 Å². The molecule has 2 aliphatic rings. The van der Waals surface area contributed by atoms with Gasteiger partial charge in [-0.2, -0.15) is 0 Å². The van der Waals surface area contributed by atoms with Crippen molar-refractivity contribution in [3.05, 3.63) is 28.7 Å². The Morgan fingerprint density at radius 1 is 1.44 bits per heavy atom. The third-order valence-electron chi connectivity index (χ3n) is 3.50. The summed E-state index contributed by atoms with van der Waals surface area (Å²) in [4.78, 5) is 16.3. The van der Waals surface area contributed by atoms with Crippen LogP contribution in [0.3, 0.4) is 0 Å². The van der Waals surface area contributed by atoms with Crippen molar-refractivity contribution in [3.63, 3.8) is 0 Å². The highest BCUT2D eigenvalue weighted by atomic mass is 79.9. The van der Waals surface area contributed by atoms with Crippen molar-refractivity contribution in [2.45, 2.75) is 18.5 Å². The van der Waals surface area contributed by atoms with Crippen LogP contribution in [0.25, 0.3) is 0 Å². The lowest BCUT2D eigenvalue weighted by molar-refractivity contribution is -0.122. The summed E-state index contributed by atoms with van der Waals surface area (Å²) >= 11 is 3.45. The lowest BCUT2D eigenvalue weighted by Crippen LogP contribution is -2.48. The van der Waals surface area contributed by atoms with Crippen molar-refractivity contribution in [2.24, 2.45) is 0 Å². The lowest BCUT2D eigenvalue weighted by atomic mass is 10.2. The highest BCUT2D eigenvalue weighted by molar-refractivity contribution is 9.10. The molecule has 2 atom stereocenters. The van der Waals surface area contributed by atoms with Gasteiger partial charge in [-0.15, -0.1) is 0 Å². The summed E-state index contributed by atoms with van der Waals surface area (Å²) < 4.78 is 1.02. The van der Waals surface area contributed by atoms with Gasteiger partial charge in [-0.05, 0) is 31.7 Å². The maximum Gasteiger partial charge on any atom is 0.244 e. The Morgan fingerprint density at radius 3 is 2.88 bits per heavy atom. The molecule has 0 radical (unpaired) electrons. The Bertz CT molecular complexity index is 448. The van der Waals surface area contributed by atoms with E-state index < -0.39 is 0 Å². The SMILES string of the molecule is CN1CC2CC1C(=O)N2c1cccc(Br)c1. The van der Waals surface area contributed by atoms with Crippen LogP contribution in [0.15, 0.2) is 28.7 Å². The Labute approximate surface area is 103 Å². The summed E-state index contributed by atoms with van der Waals surface area (Å²) in [6.45, 7) is 0.989. The Hall–Kier alpha value is -0.870. The van der Waals surface area contributed by atoms with E-state index in [-0.39, 0.29) is 11.9 Å². The number of carbonyl (C=O) groups is 1. The van der Waals surface area contributed by atoms with Gasteiger partial charge in [0, 0.05) is 16.7 Å². The van der Waals surface area contributed by atoms with Gasteiger partial charge in [0.15, 0.2) is 0 Å². The first-order valence-electron chi connectivity index (χ1n) is 5.45. The monoisotopic (exact) mass is 280 g/mol. The number of anilines is 1. The van der Waals surface area contributed by atoms with Gasteiger partial charge in [0.05, 0.1) is 12.1 Å². The van der Waals surface area contributed by atoms with Gasteiger partial charge in [-0.25, -0.2) is 0 Å². The first-order chi connectivity index (χ1) is 7.66. The third-order valence-corrected chi connectivity index (χ3v) is 3.99. The Morgan fingerprint density at radius 2 is 2.25 bits per heavy atom. The van der Waals surface area contributed by atoms with E-state index in [1.807, 2.05) is 36.2 Å². The molecule has 84 valence electrons. The van der Waals surface area contributed by atoms with Gasteiger partial charge in [-0.3, -0.25) is 9.69 Å². The van der Waals surface area contributed by atoms with E-state index >= 15 is 0 Å². The van der Waals surface area contributed by atoms with E-state index in [9.17, 15) is 4.79 Å². The van der Waals surface area contributed by atoms with E-state index in [2.05, 4.69) is 20.8 Å². The molecule has 16 heavy (non-hydrogen) atoms. The third kappa shape index (κ3) is 1.40. The first kappa shape index (κ1) is 10.3. The van der Waals surface area contributed by atoms with Crippen LogP contribution in [0.4, 0.5) is 5.69 Å². The molecule has 1 aromatic rings. The maximum atomic E-state index is 12.2. The number of rotatable bonds is 1. The fraction of sp³-hybridized carbons (Fsp3) is 0.417. The van der Waals surface area contributed by atoms with Crippen LogP contribution in [0.5, 0.6) is 0 Å². The van der Waals surface area contributed by atoms with Crippen LogP contribution in [0, 0.1) is 0 Å². The standard InChI is InChI=1S/C12H13BrN2O/c1-14-7-10-6-11(14)12(16)15(10)9-4-2-3-8(13)5-9/h2-5,10-11H,6-7H2,1H3. The number of piperazine rings is 1. The zero-order chi connectivity index (χ0) is 11.3. The molecule has 1 aromatic carbocycles. The molecule has 0 aliphatic carbocycles. The van der Waals surface area contributed by atoms with Gasteiger partial charge >= 0.3 is 0 Å². The largest absolute Gasteiger partial charge is 0.307 e. The van der Waals surface area contributed by atoms with E-state index in [1.165, 1.54) is 0 Å². The molecule has 1 amide bonds. The molecule has 2 fully saturated rings. The van der Waals surface area contributed by atoms with Gasteiger partial charge < -0.3 is 4.90 Å². The summed E-state index contributed by atoms with van der Waals surface area (Å²) in [6.07, 6.45) is 0.974. The normalized spacial score (nSPS) is 29.1. The maximum absolute atomic E-state index is 12.2. The number of hydrogen-bond donors (Lipinski definition) is 0. The average molecular weight is 281 g/mol. The number of carbonyl (C=O) groups excluding carboxylic acids is 1. The molecule has 3 rings (SSSR count). The average Bonchev–Trinajstić information content (AvgIpc) is 2.73. The Kier molecular flexibility index (Phi) is 2.30. The van der Waals surface area contributed by atoms with Crippen molar-refractivity contribution < 1.29 is 4.79 Å². The molecule has 3 nitrogen and oxygen atoms in total. The molecule has 0 N–H and O–H groups in total. The summed E-state index contributed by atoms with van der Waals surface area (Å²) in [5, 5.41) is 0. The number of nitrogens with zero attached hydrogens (tertiary/aromatic N) is 2. The van der Waals surface area contributed by atoms with Gasteiger partial charge in [0.1, 0.15) is 0 Å². The molecule has 2 unspecified atom stereocenters. The zero-order valence-electron chi connectivity index (χ0n) is 9.06. The van der Waals surface area contributed by atoms with Crippen LogP contribution < -0.4 is 4.90 Å². The van der Waals surface area contributed by atoms with Crippen LogP contribution in [-0.2, 0) is 4.79 Å². The minimum absolute atomic E-state index is 0.101. The minimum atomic E-state index is 0.101. The second-order valence-corrected chi connectivity index (χ2v) is 5.45. The predicted octanol–water partition coefficient (Wildman–Crippen LogP) is 1.87. The van der Waals surface area contributed by atoms with Crippen LogP contribution in [0.2, 0.25) is 0 Å². The summed E-state index contributed by atoms with van der Waals surface area (Å²) in [7, 11) is 2.03. The quantitative estimate of drug-likeness (QED) is 0.784. The van der Waals surface area contributed by atoms with E-state index in [4.69, 9.17) is 0 Å². The smallest absolute Gasteiger partial charge is 0.244 e. The topological polar surface area (TPSA) is 23.6 Å². The molecule has 4 heteroatoms. The fourth-order valence-corrected chi connectivity index (χ4v) is 3.14. The highest BCUT2D eigenvalue weighted by Crippen LogP contribution is 2.35. The van der Waals surface area contributed by atoms with Gasteiger partial charge in [0.2, 0.25) is 5.91 Å². The lowest BCUT2D eigenvalue weighted by Gasteiger charge is -2.31. The molecule has 2 bridgehead atoms. The van der Waals surface area contributed by atoms with E-state index in [1.54, 1.807) is 0 Å². The molecular formula is C12H13BrN2O. The van der Waals surface area contributed by atoms with Crippen molar-refractivity contribution in [3.8, 4) is 0 Å². The van der Waals surface area contributed by atoms with Crippen molar-refractivity contribution in [2.75, 3.05) is 18.5 Å². The number of hydrogen-bond acceptors (Lipinski definition) is 2. The predicted molar refractivity (Wildman–Crippen MR) is 66.5 cm³/mol. The van der Waals surface area contributed by atoms with Crippen molar-refractivity contribution >= 4 is 27.5 Å².